The summed E-state index contributed by atoms with van der Waals surface area (Å²) in [4.78, 5) is 0. The lowest BCUT2D eigenvalue weighted by atomic mass is 10.1. The van der Waals surface area contributed by atoms with Crippen LogP contribution in [-0.4, -0.2) is 25.2 Å². The summed E-state index contributed by atoms with van der Waals surface area (Å²) in [5, 5.41) is 0.513. The maximum atomic E-state index is 13.2. The van der Waals surface area contributed by atoms with Crippen molar-refractivity contribution in [2.45, 2.75) is 25.8 Å². The molecule has 0 heterocycles. The van der Waals surface area contributed by atoms with Gasteiger partial charge in [-0.1, -0.05) is 29.8 Å². The predicted molar refractivity (Wildman–Crippen MR) is 72.5 cm³/mol. The topological polar surface area (TPSA) is 18.5 Å². The molecule has 6 heteroatoms. The molecule has 2 nitrogen and oxygen atoms in total. The molecule has 1 rings (SSSR count). The highest BCUT2D eigenvalue weighted by Gasteiger charge is 2.55. The van der Waals surface area contributed by atoms with Gasteiger partial charge in [-0.05, 0) is 37.6 Å². The molecule has 0 aliphatic heterocycles. The Hall–Kier alpha value is -1.04. The highest BCUT2D eigenvalue weighted by atomic mass is 35.5. The zero-order valence-electron chi connectivity index (χ0n) is 11.2. The molecule has 0 aliphatic carbocycles. The molecule has 112 valence electrons. The van der Waals surface area contributed by atoms with Gasteiger partial charge in [-0.2, -0.15) is 13.2 Å². The Morgan fingerprint density at radius 1 is 1.05 bits per heavy atom. The van der Waals surface area contributed by atoms with Crippen molar-refractivity contribution in [1.29, 1.82) is 0 Å². The van der Waals surface area contributed by atoms with E-state index >= 15 is 0 Å². The average Bonchev–Trinajstić information content (AvgIpc) is 2.37. The van der Waals surface area contributed by atoms with E-state index in [0.29, 0.717) is 10.6 Å². The van der Waals surface area contributed by atoms with Crippen LogP contribution in [0.3, 0.4) is 0 Å². The zero-order valence-corrected chi connectivity index (χ0v) is 12.0. The van der Waals surface area contributed by atoms with E-state index in [-0.39, 0.29) is 13.2 Å². The first-order valence-electron chi connectivity index (χ1n) is 6.14. The van der Waals surface area contributed by atoms with E-state index < -0.39 is 12.0 Å². The molecule has 0 spiro atoms. The maximum absolute atomic E-state index is 13.2. The monoisotopic (exact) mass is 308 g/mol. The number of alkyl halides is 3. The SMILES string of the molecule is CCOC(/C=C/c1ccc(Cl)cc1)(OCC)C(F)(F)F. The third-order valence-electron chi connectivity index (χ3n) is 2.48. The smallest absolute Gasteiger partial charge is 0.340 e. The van der Waals surface area contributed by atoms with E-state index in [0.717, 1.165) is 6.08 Å². The summed E-state index contributed by atoms with van der Waals surface area (Å²) in [6, 6.07) is 6.41. The van der Waals surface area contributed by atoms with Gasteiger partial charge in [0, 0.05) is 18.2 Å². The molecule has 0 aliphatic rings. The summed E-state index contributed by atoms with van der Waals surface area (Å²) in [6.45, 7) is 2.72. The highest BCUT2D eigenvalue weighted by molar-refractivity contribution is 6.30. The number of hydrogen-bond donors (Lipinski definition) is 0. The Morgan fingerprint density at radius 2 is 1.55 bits per heavy atom. The Labute approximate surface area is 121 Å². The molecule has 0 unspecified atom stereocenters. The number of benzene rings is 1. The Morgan fingerprint density at radius 3 is 1.95 bits per heavy atom. The van der Waals surface area contributed by atoms with Crippen molar-refractivity contribution >= 4 is 17.7 Å². The Kier molecular flexibility index (Phi) is 6.05. The first-order valence-corrected chi connectivity index (χ1v) is 6.52. The number of ether oxygens (including phenoxy) is 2. The van der Waals surface area contributed by atoms with Crippen LogP contribution in [0.2, 0.25) is 5.02 Å². The summed E-state index contributed by atoms with van der Waals surface area (Å²) >= 11 is 5.72. The lowest BCUT2D eigenvalue weighted by Gasteiger charge is -2.32. The fraction of sp³-hybridized carbons (Fsp3) is 0.429. The van der Waals surface area contributed by atoms with Crippen LogP contribution in [0.5, 0.6) is 0 Å². The molecule has 0 saturated heterocycles. The van der Waals surface area contributed by atoms with Crippen LogP contribution < -0.4 is 0 Å². The third kappa shape index (κ3) is 4.23. The van der Waals surface area contributed by atoms with Gasteiger partial charge in [-0.25, -0.2) is 0 Å². The predicted octanol–water partition coefficient (Wildman–Crippen LogP) is 4.68. The first-order chi connectivity index (χ1) is 9.34. The van der Waals surface area contributed by atoms with Crippen molar-refractivity contribution in [3.8, 4) is 0 Å². The minimum atomic E-state index is -4.66. The van der Waals surface area contributed by atoms with Crippen molar-refractivity contribution in [2.75, 3.05) is 13.2 Å². The standard InChI is InChI=1S/C14H16ClF3O2/c1-3-19-13(20-4-2,14(16,17)18)10-9-11-5-7-12(15)8-6-11/h5-10H,3-4H2,1-2H3/b10-9+. The lowest BCUT2D eigenvalue weighted by molar-refractivity contribution is -0.354. The molecule has 1 aromatic carbocycles. The van der Waals surface area contributed by atoms with Crippen LogP contribution >= 0.6 is 11.6 Å². The van der Waals surface area contributed by atoms with Crippen molar-refractivity contribution in [2.24, 2.45) is 0 Å². The van der Waals surface area contributed by atoms with Crippen LogP contribution in [0.1, 0.15) is 19.4 Å². The van der Waals surface area contributed by atoms with Crippen LogP contribution in [0.4, 0.5) is 13.2 Å². The van der Waals surface area contributed by atoms with Gasteiger partial charge in [0.1, 0.15) is 0 Å². The van der Waals surface area contributed by atoms with E-state index in [4.69, 9.17) is 21.1 Å². The Balaban J connectivity index is 3.07. The van der Waals surface area contributed by atoms with Gasteiger partial charge < -0.3 is 9.47 Å². The number of rotatable bonds is 6. The lowest BCUT2D eigenvalue weighted by Crippen LogP contribution is -2.48. The largest absolute Gasteiger partial charge is 0.447 e. The summed E-state index contributed by atoms with van der Waals surface area (Å²) in [7, 11) is 0. The molecule has 0 radical (unpaired) electrons. The number of hydrogen-bond acceptors (Lipinski definition) is 2. The van der Waals surface area contributed by atoms with Crippen molar-refractivity contribution < 1.29 is 22.6 Å². The van der Waals surface area contributed by atoms with E-state index in [1.165, 1.54) is 19.9 Å². The molecular formula is C14H16ClF3O2. The summed E-state index contributed by atoms with van der Waals surface area (Å²) in [5.74, 6) is -2.73. The Bertz CT molecular complexity index is 435. The molecule has 1 aromatic rings. The zero-order chi connectivity index (χ0) is 15.2. The summed E-state index contributed by atoms with van der Waals surface area (Å²) in [5.41, 5.74) is 0.572. The van der Waals surface area contributed by atoms with Crippen LogP contribution in [0, 0.1) is 0 Å². The van der Waals surface area contributed by atoms with Gasteiger partial charge in [0.2, 0.25) is 0 Å². The van der Waals surface area contributed by atoms with Crippen LogP contribution in [-0.2, 0) is 9.47 Å². The second kappa shape index (κ2) is 7.11. The molecule has 0 aromatic heterocycles. The number of halogens is 4. The normalized spacial score (nSPS) is 13.1. The van der Waals surface area contributed by atoms with Gasteiger partial charge in [-0.3, -0.25) is 0 Å². The van der Waals surface area contributed by atoms with Gasteiger partial charge in [0.25, 0.3) is 5.79 Å². The molecule has 0 fully saturated rings. The maximum Gasteiger partial charge on any atom is 0.447 e. The first kappa shape index (κ1) is 17.0. The van der Waals surface area contributed by atoms with Crippen molar-refractivity contribution in [3.63, 3.8) is 0 Å². The fourth-order valence-electron chi connectivity index (χ4n) is 1.60. The summed E-state index contributed by atoms with van der Waals surface area (Å²) in [6.07, 6.45) is -2.49. The second-order valence-electron chi connectivity index (χ2n) is 3.92. The quantitative estimate of drug-likeness (QED) is 0.710. The summed E-state index contributed by atoms with van der Waals surface area (Å²) < 4.78 is 49.2. The van der Waals surface area contributed by atoms with E-state index in [1.54, 1.807) is 24.3 Å². The van der Waals surface area contributed by atoms with Crippen LogP contribution in [0.15, 0.2) is 30.3 Å². The van der Waals surface area contributed by atoms with Gasteiger partial charge in [0.05, 0.1) is 0 Å². The molecule has 0 atom stereocenters. The third-order valence-corrected chi connectivity index (χ3v) is 2.73. The van der Waals surface area contributed by atoms with Gasteiger partial charge >= 0.3 is 6.18 Å². The van der Waals surface area contributed by atoms with Crippen molar-refractivity contribution in [3.05, 3.63) is 40.9 Å². The molecule has 0 bridgehead atoms. The van der Waals surface area contributed by atoms with E-state index in [1.807, 2.05) is 0 Å². The molecule has 20 heavy (non-hydrogen) atoms. The molecule has 0 amide bonds. The van der Waals surface area contributed by atoms with Gasteiger partial charge in [0.15, 0.2) is 0 Å². The minimum absolute atomic E-state index is 0.121. The average molecular weight is 309 g/mol. The van der Waals surface area contributed by atoms with Crippen LogP contribution in [0.25, 0.3) is 6.08 Å². The minimum Gasteiger partial charge on any atom is -0.340 e. The highest BCUT2D eigenvalue weighted by Crippen LogP contribution is 2.36. The van der Waals surface area contributed by atoms with E-state index in [9.17, 15) is 13.2 Å². The molecule has 0 saturated carbocycles. The fourth-order valence-corrected chi connectivity index (χ4v) is 1.73. The molecular weight excluding hydrogens is 293 g/mol. The van der Waals surface area contributed by atoms with Gasteiger partial charge in [-0.15, -0.1) is 0 Å². The van der Waals surface area contributed by atoms with E-state index in [2.05, 4.69) is 0 Å². The molecule has 0 N–H and O–H groups in total. The van der Waals surface area contributed by atoms with Crippen molar-refractivity contribution in [1.82, 2.24) is 0 Å². The second-order valence-corrected chi connectivity index (χ2v) is 4.35.